The second-order valence-corrected chi connectivity index (χ2v) is 7.91. The summed E-state index contributed by atoms with van der Waals surface area (Å²) in [6.07, 6.45) is 0.986. The molecule has 0 amide bonds. The Morgan fingerprint density at radius 1 is 1.03 bits per heavy atom. The first-order valence-corrected chi connectivity index (χ1v) is 10.4. The molecule has 2 aromatic heterocycles. The molecule has 1 fully saturated rings. The number of oxazole rings is 1. The van der Waals surface area contributed by atoms with Crippen molar-refractivity contribution in [1.82, 2.24) is 9.97 Å². The molecule has 30 heavy (non-hydrogen) atoms. The fraction of sp³-hybridized carbons (Fsp3) is 0.348. The number of rotatable bonds is 3. The van der Waals surface area contributed by atoms with E-state index in [0.29, 0.717) is 6.01 Å². The van der Waals surface area contributed by atoms with E-state index in [4.69, 9.17) is 13.9 Å². The first-order valence-electron chi connectivity index (χ1n) is 10.4. The van der Waals surface area contributed by atoms with Crippen molar-refractivity contribution in [2.24, 2.45) is 0 Å². The van der Waals surface area contributed by atoms with Gasteiger partial charge in [-0.15, -0.1) is 0 Å². The number of ether oxygens (including phenoxy) is 2. The SMILES string of the molecule is COc1ccc2[nH]c3c(c2c1)CN(c1ccc2nc(N4CCOCC4)oc2c1)CC3. The van der Waals surface area contributed by atoms with Crippen LogP contribution >= 0.6 is 0 Å². The van der Waals surface area contributed by atoms with Crippen molar-refractivity contribution in [3.05, 3.63) is 47.7 Å². The van der Waals surface area contributed by atoms with Gasteiger partial charge in [0, 0.05) is 66.5 Å². The van der Waals surface area contributed by atoms with Crippen molar-refractivity contribution in [2.45, 2.75) is 13.0 Å². The molecule has 2 aliphatic rings. The highest BCUT2D eigenvalue weighted by Gasteiger charge is 2.23. The molecule has 7 nitrogen and oxygen atoms in total. The number of morpholine rings is 1. The number of fused-ring (bicyclic) bond motifs is 4. The molecule has 2 aliphatic heterocycles. The molecule has 0 saturated carbocycles. The van der Waals surface area contributed by atoms with Crippen LogP contribution in [-0.2, 0) is 17.7 Å². The highest BCUT2D eigenvalue weighted by atomic mass is 16.5. The third kappa shape index (κ3) is 2.89. The standard InChI is InChI=1S/C23H24N4O3/c1-28-16-3-5-19-17(13-16)18-14-27(7-6-20(18)24-19)15-2-4-21-22(12-15)30-23(25-21)26-8-10-29-11-9-26/h2-5,12-13,24H,6-11,14H2,1H3. The van der Waals surface area contributed by atoms with Crippen molar-refractivity contribution in [2.75, 3.05) is 49.8 Å². The van der Waals surface area contributed by atoms with E-state index < -0.39 is 0 Å². The van der Waals surface area contributed by atoms with Crippen LogP contribution in [-0.4, -0.2) is 49.9 Å². The summed E-state index contributed by atoms with van der Waals surface area (Å²) in [5.41, 5.74) is 6.74. The second-order valence-electron chi connectivity index (χ2n) is 7.91. The summed E-state index contributed by atoms with van der Waals surface area (Å²) in [7, 11) is 1.71. The molecule has 4 aromatic rings. The van der Waals surface area contributed by atoms with Crippen molar-refractivity contribution in [3.8, 4) is 5.75 Å². The molecule has 6 rings (SSSR count). The topological polar surface area (TPSA) is 66.8 Å². The van der Waals surface area contributed by atoms with Gasteiger partial charge in [-0.25, -0.2) is 0 Å². The zero-order chi connectivity index (χ0) is 20.1. The Kier molecular flexibility index (Phi) is 4.09. The Balaban J connectivity index is 1.31. The maximum atomic E-state index is 6.10. The Hall–Kier alpha value is -3.19. The molecule has 0 spiro atoms. The molecule has 4 heterocycles. The van der Waals surface area contributed by atoms with Crippen LogP contribution in [0.5, 0.6) is 5.75 Å². The number of H-pyrrole nitrogens is 1. The summed E-state index contributed by atoms with van der Waals surface area (Å²) in [5, 5.41) is 1.24. The van der Waals surface area contributed by atoms with Gasteiger partial charge in [0.2, 0.25) is 0 Å². The highest BCUT2D eigenvalue weighted by molar-refractivity contribution is 5.87. The Morgan fingerprint density at radius 2 is 1.93 bits per heavy atom. The average molecular weight is 404 g/mol. The van der Waals surface area contributed by atoms with Crippen LogP contribution in [0.25, 0.3) is 22.0 Å². The van der Waals surface area contributed by atoms with Crippen LogP contribution in [0.15, 0.2) is 40.8 Å². The summed E-state index contributed by atoms with van der Waals surface area (Å²) in [5.74, 6) is 0.889. The van der Waals surface area contributed by atoms with E-state index in [-0.39, 0.29) is 0 Å². The molecule has 2 aromatic carbocycles. The minimum Gasteiger partial charge on any atom is -0.497 e. The van der Waals surface area contributed by atoms with Gasteiger partial charge in [0.1, 0.15) is 11.3 Å². The van der Waals surface area contributed by atoms with Crippen LogP contribution in [0.3, 0.4) is 0 Å². The summed E-state index contributed by atoms with van der Waals surface area (Å²) in [4.78, 5) is 12.8. The van der Waals surface area contributed by atoms with Gasteiger partial charge in [0.15, 0.2) is 5.58 Å². The van der Waals surface area contributed by atoms with Gasteiger partial charge in [-0.3, -0.25) is 0 Å². The molecule has 0 atom stereocenters. The number of anilines is 2. The molecular formula is C23H24N4O3. The van der Waals surface area contributed by atoms with Gasteiger partial charge >= 0.3 is 0 Å². The Morgan fingerprint density at radius 3 is 2.80 bits per heavy atom. The minimum absolute atomic E-state index is 0.690. The number of benzene rings is 2. The summed E-state index contributed by atoms with van der Waals surface area (Å²) >= 11 is 0. The van der Waals surface area contributed by atoms with Gasteiger partial charge in [-0.2, -0.15) is 4.98 Å². The van der Waals surface area contributed by atoms with E-state index in [9.17, 15) is 0 Å². The fourth-order valence-electron chi connectivity index (χ4n) is 4.53. The highest BCUT2D eigenvalue weighted by Crippen LogP contribution is 2.34. The lowest BCUT2D eigenvalue weighted by atomic mass is 10.0. The lowest BCUT2D eigenvalue weighted by Crippen LogP contribution is -2.36. The van der Waals surface area contributed by atoms with E-state index >= 15 is 0 Å². The van der Waals surface area contributed by atoms with E-state index in [1.165, 1.54) is 22.2 Å². The molecule has 1 N–H and O–H groups in total. The lowest BCUT2D eigenvalue weighted by molar-refractivity contribution is 0.120. The van der Waals surface area contributed by atoms with Crippen molar-refractivity contribution in [3.63, 3.8) is 0 Å². The number of hydrogen-bond acceptors (Lipinski definition) is 6. The van der Waals surface area contributed by atoms with Crippen LogP contribution in [0, 0.1) is 0 Å². The smallest absolute Gasteiger partial charge is 0.298 e. The summed E-state index contributed by atoms with van der Waals surface area (Å²) < 4.78 is 17.0. The van der Waals surface area contributed by atoms with Gasteiger partial charge in [-0.1, -0.05) is 0 Å². The van der Waals surface area contributed by atoms with E-state index in [1.54, 1.807) is 7.11 Å². The fourth-order valence-corrected chi connectivity index (χ4v) is 4.53. The molecular weight excluding hydrogens is 380 g/mol. The summed E-state index contributed by atoms with van der Waals surface area (Å²) in [6, 6.07) is 13.3. The molecule has 0 radical (unpaired) electrons. The Bertz CT molecular complexity index is 1220. The molecule has 154 valence electrons. The largest absolute Gasteiger partial charge is 0.497 e. The zero-order valence-corrected chi connectivity index (χ0v) is 17.0. The molecule has 7 heteroatoms. The van der Waals surface area contributed by atoms with Crippen molar-refractivity contribution < 1.29 is 13.9 Å². The molecule has 0 aliphatic carbocycles. The lowest BCUT2D eigenvalue weighted by Gasteiger charge is -2.29. The third-order valence-electron chi connectivity index (χ3n) is 6.19. The van der Waals surface area contributed by atoms with Crippen LogP contribution < -0.4 is 14.5 Å². The third-order valence-corrected chi connectivity index (χ3v) is 6.19. The molecule has 0 bridgehead atoms. The van der Waals surface area contributed by atoms with Crippen molar-refractivity contribution >= 4 is 33.7 Å². The second kappa shape index (κ2) is 6.95. The van der Waals surface area contributed by atoms with Crippen molar-refractivity contribution in [1.29, 1.82) is 0 Å². The number of aromatic amines is 1. The van der Waals surface area contributed by atoms with E-state index in [2.05, 4.69) is 50.1 Å². The van der Waals surface area contributed by atoms with Gasteiger partial charge in [-0.05, 0) is 30.3 Å². The molecule has 1 saturated heterocycles. The minimum atomic E-state index is 0.690. The Labute approximate surface area is 174 Å². The van der Waals surface area contributed by atoms with E-state index in [0.717, 1.165) is 68.4 Å². The van der Waals surface area contributed by atoms with Gasteiger partial charge in [0.25, 0.3) is 6.01 Å². The zero-order valence-electron chi connectivity index (χ0n) is 17.0. The quantitative estimate of drug-likeness (QED) is 0.561. The van der Waals surface area contributed by atoms with Crippen LogP contribution in [0.2, 0.25) is 0 Å². The van der Waals surface area contributed by atoms with Gasteiger partial charge < -0.3 is 28.7 Å². The van der Waals surface area contributed by atoms with Crippen LogP contribution in [0.1, 0.15) is 11.3 Å². The first-order chi connectivity index (χ1) is 14.8. The number of aromatic nitrogens is 2. The normalized spacial score (nSPS) is 17.0. The van der Waals surface area contributed by atoms with Gasteiger partial charge in [0.05, 0.1) is 20.3 Å². The first kappa shape index (κ1) is 17.7. The summed E-state index contributed by atoms with van der Waals surface area (Å²) in [6.45, 7) is 4.90. The number of methoxy groups -OCH3 is 1. The maximum absolute atomic E-state index is 6.10. The number of hydrogen-bond donors (Lipinski definition) is 1. The van der Waals surface area contributed by atoms with Crippen LogP contribution in [0.4, 0.5) is 11.7 Å². The number of nitrogens with one attached hydrogen (secondary N) is 1. The molecule has 0 unspecified atom stereocenters. The predicted octanol–water partition coefficient (Wildman–Crippen LogP) is 3.72. The monoisotopic (exact) mass is 404 g/mol. The predicted molar refractivity (Wildman–Crippen MR) is 117 cm³/mol. The maximum Gasteiger partial charge on any atom is 0.298 e. The number of nitrogens with zero attached hydrogens (tertiary/aromatic N) is 3. The average Bonchev–Trinajstić information content (AvgIpc) is 3.39. The van der Waals surface area contributed by atoms with E-state index in [1.807, 2.05) is 6.07 Å².